The topological polar surface area (TPSA) is 26.3 Å². The standard InChI is InChI=1S/C49H98O2/c1-3-5-7-9-11-13-15-17-19-20-21-22-23-24-25-26-27-28-29-30-31-32-33-34-36-38-40-42-44-46-48-51-49(50)47-45-43-41-39-37-35-18-16-14-12-10-8-6-4-2/h3-48H2,1-2H3. The van der Waals surface area contributed by atoms with Gasteiger partial charge in [0.1, 0.15) is 0 Å². The minimum absolute atomic E-state index is 0.0318. The molecule has 0 unspecified atom stereocenters. The van der Waals surface area contributed by atoms with Crippen molar-refractivity contribution in [3.05, 3.63) is 0 Å². The second-order valence-corrected chi connectivity index (χ2v) is 16.8. The first-order chi connectivity index (χ1) is 25.3. The molecular weight excluding hydrogens is 621 g/mol. The van der Waals surface area contributed by atoms with Gasteiger partial charge in [-0.2, -0.15) is 0 Å². The molecule has 306 valence electrons. The summed E-state index contributed by atoms with van der Waals surface area (Å²) in [6.07, 6.45) is 62.4. The zero-order valence-corrected chi connectivity index (χ0v) is 35.8. The maximum Gasteiger partial charge on any atom is 0.305 e. The highest BCUT2D eigenvalue weighted by Crippen LogP contribution is 2.17. The second kappa shape index (κ2) is 47.5. The van der Waals surface area contributed by atoms with E-state index in [1.165, 1.54) is 270 Å². The Balaban J connectivity index is 3.12. The van der Waals surface area contributed by atoms with Gasteiger partial charge in [0.15, 0.2) is 0 Å². The van der Waals surface area contributed by atoms with Crippen LogP contribution in [0.5, 0.6) is 0 Å². The molecule has 0 fully saturated rings. The van der Waals surface area contributed by atoms with Crippen molar-refractivity contribution in [3.8, 4) is 0 Å². The Bertz CT molecular complexity index is 615. The van der Waals surface area contributed by atoms with Gasteiger partial charge in [0.25, 0.3) is 0 Å². The molecular formula is C49H98O2. The highest BCUT2D eigenvalue weighted by molar-refractivity contribution is 5.69. The van der Waals surface area contributed by atoms with Gasteiger partial charge in [0, 0.05) is 6.42 Å². The van der Waals surface area contributed by atoms with Crippen LogP contribution >= 0.6 is 0 Å². The van der Waals surface area contributed by atoms with Crippen LogP contribution in [0.4, 0.5) is 0 Å². The zero-order valence-electron chi connectivity index (χ0n) is 35.8. The van der Waals surface area contributed by atoms with Crippen molar-refractivity contribution in [2.75, 3.05) is 6.61 Å². The van der Waals surface area contributed by atoms with Crippen molar-refractivity contribution in [1.29, 1.82) is 0 Å². The number of rotatable bonds is 46. The smallest absolute Gasteiger partial charge is 0.305 e. The largest absolute Gasteiger partial charge is 0.466 e. The van der Waals surface area contributed by atoms with Crippen LogP contribution in [0.15, 0.2) is 0 Å². The normalized spacial score (nSPS) is 11.5. The Morgan fingerprint density at radius 3 is 0.647 bits per heavy atom. The molecule has 0 atom stereocenters. The van der Waals surface area contributed by atoms with Crippen LogP contribution in [0.3, 0.4) is 0 Å². The third kappa shape index (κ3) is 47.4. The van der Waals surface area contributed by atoms with Crippen molar-refractivity contribution in [1.82, 2.24) is 0 Å². The predicted molar refractivity (Wildman–Crippen MR) is 230 cm³/mol. The van der Waals surface area contributed by atoms with E-state index in [1.807, 2.05) is 0 Å². The van der Waals surface area contributed by atoms with Crippen molar-refractivity contribution in [2.24, 2.45) is 0 Å². The molecule has 0 N–H and O–H groups in total. The fourth-order valence-electron chi connectivity index (χ4n) is 7.85. The molecule has 0 aliphatic rings. The molecule has 0 saturated heterocycles. The lowest BCUT2D eigenvalue weighted by molar-refractivity contribution is -0.143. The third-order valence-electron chi connectivity index (χ3n) is 11.5. The highest BCUT2D eigenvalue weighted by Gasteiger charge is 2.03. The summed E-state index contributed by atoms with van der Waals surface area (Å²) in [6, 6.07) is 0. The van der Waals surface area contributed by atoms with Crippen LogP contribution in [0.2, 0.25) is 0 Å². The fraction of sp³-hybridized carbons (Fsp3) is 0.980. The van der Waals surface area contributed by atoms with E-state index in [1.54, 1.807) is 0 Å². The van der Waals surface area contributed by atoms with E-state index in [4.69, 9.17) is 4.74 Å². The van der Waals surface area contributed by atoms with E-state index in [2.05, 4.69) is 13.8 Å². The molecule has 0 rings (SSSR count). The number of carbonyl (C=O) groups is 1. The molecule has 2 heteroatoms. The number of hydrogen-bond acceptors (Lipinski definition) is 2. The van der Waals surface area contributed by atoms with Crippen molar-refractivity contribution < 1.29 is 9.53 Å². The van der Waals surface area contributed by atoms with Crippen LogP contribution in [0.25, 0.3) is 0 Å². The van der Waals surface area contributed by atoms with Crippen molar-refractivity contribution in [2.45, 2.75) is 303 Å². The lowest BCUT2D eigenvalue weighted by atomic mass is 10.0. The minimum Gasteiger partial charge on any atom is -0.466 e. The molecule has 0 aromatic carbocycles. The van der Waals surface area contributed by atoms with E-state index in [0.717, 1.165) is 12.8 Å². The molecule has 0 amide bonds. The first-order valence-electron chi connectivity index (χ1n) is 24.5. The van der Waals surface area contributed by atoms with E-state index >= 15 is 0 Å². The Kier molecular flexibility index (Phi) is 47.0. The average Bonchev–Trinajstić information content (AvgIpc) is 3.14. The first kappa shape index (κ1) is 50.5. The number of unbranched alkanes of at least 4 members (excludes halogenated alkanes) is 42. The summed E-state index contributed by atoms with van der Waals surface area (Å²) in [5, 5.41) is 0. The Labute approximate surface area is 324 Å². The molecule has 51 heavy (non-hydrogen) atoms. The second-order valence-electron chi connectivity index (χ2n) is 16.8. The Hall–Kier alpha value is -0.530. The predicted octanol–water partition coefficient (Wildman–Crippen LogP) is 18.1. The van der Waals surface area contributed by atoms with E-state index in [-0.39, 0.29) is 5.97 Å². The monoisotopic (exact) mass is 719 g/mol. The maximum atomic E-state index is 12.0. The molecule has 0 spiro atoms. The van der Waals surface area contributed by atoms with Gasteiger partial charge in [-0.3, -0.25) is 4.79 Å². The van der Waals surface area contributed by atoms with Crippen molar-refractivity contribution in [3.63, 3.8) is 0 Å². The first-order valence-corrected chi connectivity index (χ1v) is 24.5. The van der Waals surface area contributed by atoms with E-state index in [0.29, 0.717) is 13.0 Å². The van der Waals surface area contributed by atoms with Crippen LogP contribution in [-0.4, -0.2) is 12.6 Å². The average molecular weight is 719 g/mol. The number of ether oxygens (including phenoxy) is 1. The molecule has 0 saturated carbocycles. The summed E-state index contributed by atoms with van der Waals surface area (Å²) in [7, 11) is 0. The van der Waals surface area contributed by atoms with Gasteiger partial charge < -0.3 is 4.74 Å². The van der Waals surface area contributed by atoms with Gasteiger partial charge in [0.05, 0.1) is 6.61 Å². The summed E-state index contributed by atoms with van der Waals surface area (Å²) >= 11 is 0. The molecule has 0 aromatic heterocycles. The summed E-state index contributed by atoms with van der Waals surface area (Å²) in [4.78, 5) is 12.0. The van der Waals surface area contributed by atoms with Gasteiger partial charge in [-0.15, -0.1) is 0 Å². The van der Waals surface area contributed by atoms with Gasteiger partial charge in [-0.1, -0.05) is 284 Å². The number of esters is 1. The van der Waals surface area contributed by atoms with Crippen LogP contribution < -0.4 is 0 Å². The summed E-state index contributed by atoms with van der Waals surface area (Å²) in [5.74, 6) is 0.0318. The van der Waals surface area contributed by atoms with Gasteiger partial charge in [-0.25, -0.2) is 0 Å². The SMILES string of the molecule is CCCCCCCCCCCCCCCCCCCCCCCCCCCCCCCCOC(=O)CCCCCCCCCCCCCCCC. The number of hydrogen-bond donors (Lipinski definition) is 0. The lowest BCUT2D eigenvalue weighted by Gasteiger charge is -2.06. The summed E-state index contributed by atoms with van der Waals surface area (Å²) < 4.78 is 5.48. The minimum atomic E-state index is 0.0318. The number of carbonyl (C=O) groups excluding carboxylic acids is 1. The molecule has 0 radical (unpaired) electrons. The quantitative estimate of drug-likeness (QED) is 0.0463. The molecule has 0 aliphatic heterocycles. The van der Waals surface area contributed by atoms with E-state index in [9.17, 15) is 4.79 Å². The zero-order chi connectivity index (χ0) is 36.8. The van der Waals surface area contributed by atoms with Crippen LogP contribution in [0.1, 0.15) is 303 Å². The summed E-state index contributed by atoms with van der Waals surface area (Å²) in [5.41, 5.74) is 0. The summed E-state index contributed by atoms with van der Waals surface area (Å²) in [6.45, 7) is 5.23. The molecule has 0 aliphatic carbocycles. The lowest BCUT2D eigenvalue weighted by Crippen LogP contribution is -2.05. The van der Waals surface area contributed by atoms with Crippen LogP contribution in [-0.2, 0) is 9.53 Å². The Morgan fingerprint density at radius 1 is 0.255 bits per heavy atom. The fourth-order valence-corrected chi connectivity index (χ4v) is 7.85. The van der Waals surface area contributed by atoms with E-state index < -0.39 is 0 Å². The van der Waals surface area contributed by atoms with Crippen LogP contribution in [0, 0.1) is 0 Å². The maximum absolute atomic E-state index is 12.0. The molecule has 0 aromatic rings. The molecule has 0 bridgehead atoms. The molecule has 2 nitrogen and oxygen atoms in total. The van der Waals surface area contributed by atoms with Gasteiger partial charge in [-0.05, 0) is 12.8 Å². The highest BCUT2D eigenvalue weighted by atomic mass is 16.5. The molecule has 0 heterocycles. The Morgan fingerprint density at radius 2 is 0.431 bits per heavy atom. The van der Waals surface area contributed by atoms with Gasteiger partial charge in [0.2, 0.25) is 0 Å². The third-order valence-corrected chi connectivity index (χ3v) is 11.5. The van der Waals surface area contributed by atoms with Gasteiger partial charge >= 0.3 is 5.97 Å². The van der Waals surface area contributed by atoms with Crippen molar-refractivity contribution >= 4 is 5.97 Å².